The summed E-state index contributed by atoms with van der Waals surface area (Å²) in [4.78, 5) is 10.7. The molecule has 0 atom stereocenters. The summed E-state index contributed by atoms with van der Waals surface area (Å²) in [5.74, 6) is 1.23. The van der Waals surface area contributed by atoms with Gasteiger partial charge in [-0.15, -0.1) is 0 Å². The number of aliphatic imine (C=N–C) groups is 1. The van der Waals surface area contributed by atoms with E-state index in [1.54, 1.807) is 6.20 Å². The van der Waals surface area contributed by atoms with E-state index in [0.717, 1.165) is 5.56 Å². The van der Waals surface area contributed by atoms with Crippen molar-refractivity contribution >= 4 is 5.96 Å². The number of pyridine rings is 1. The highest BCUT2D eigenvalue weighted by Gasteiger charge is 2.27. The van der Waals surface area contributed by atoms with Gasteiger partial charge < -0.3 is 15.4 Å². The molecule has 0 unspecified atom stereocenters. The zero-order valence-electron chi connectivity index (χ0n) is 12.8. The van der Waals surface area contributed by atoms with Gasteiger partial charge in [0.05, 0.1) is 6.54 Å². The number of nitrogens with two attached hydrogens (primary N) is 1. The van der Waals surface area contributed by atoms with Crippen LogP contribution in [0.2, 0.25) is 0 Å². The van der Waals surface area contributed by atoms with E-state index in [2.05, 4.69) is 9.98 Å². The first-order chi connectivity index (χ1) is 9.35. The number of ether oxygens (including phenoxy) is 1. The zero-order chi connectivity index (χ0) is 14.8. The van der Waals surface area contributed by atoms with Crippen molar-refractivity contribution in [2.24, 2.45) is 10.7 Å². The summed E-state index contributed by atoms with van der Waals surface area (Å²) in [5.41, 5.74) is 6.74. The third-order valence-electron chi connectivity index (χ3n) is 3.09. The lowest BCUT2D eigenvalue weighted by Gasteiger charge is -2.20. The number of nitrogens with zero attached hydrogens (tertiary/aromatic N) is 3. The van der Waals surface area contributed by atoms with Crippen molar-refractivity contribution in [3.8, 4) is 5.88 Å². The van der Waals surface area contributed by atoms with Gasteiger partial charge >= 0.3 is 0 Å². The van der Waals surface area contributed by atoms with Crippen LogP contribution in [0.1, 0.15) is 39.2 Å². The van der Waals surface area contributed by atoms with Gasteiger partial charge in [-0.25, -0.2) is 9.98 Å². The van der Waals surface area contributed by atoms with Crippen LogP contribution < -0.4 is 10.5 Å². The molecule has 1 saturated carbocycles. The summed E-state index contributed by atoms with van der Waals surface area (Å²) < 4.78 is 5.68. The summed E-state index contributed by atoms with van der Waals surface area (Å²) >= 11 is 0. The maximum atomic E-state index is 5.95. The SMILES string of the molecule is CN(C(N)=NCc1ccc(OC(C)(C)C)nc1)C1CC1. The Morgan fingerprint density at radius 3 is 2.65 bits per heavy atom. The molecule has 5 heteroatoms. The van der Waals surface area contributed by atoms with Crippen LogP contribution in [-0.4, -0.2) is 34.5 Å². The Labute approximate surface area is 120 Å². The third-order valence-corrected chi connectivity index (χ3v) is 3.09. The van der Waals surface area contributed by atoms with Gasteiger partial charge in [-0.3, -0.25) is 0 Å². The van der Waals surface area contributed by atoms with Crippen molar-refractivity contribution in [3.63, 3.8) is 0 Å². The number of aromatic nitrogens is 1. The molecule has 5 nitrogen and oxygen atoms in total. The van der Waals surface area contributed by atoms with E-state index in [9.17, 15) is 0 Å². The van der Waals surface area contributed by atoms with E-state index in [1.165, 1.54) is 12.8 Å². The average molecular weight is 276 g/mol. The van der Waals surface area contributed by atoms with E-state index >= 15 is 0 Å². The summed E-state index contributed by atoms with van der Waals surface area (Å²) in [7, 11) is 2.00. The summed E-state index contributed by atoms with van der Waals surface area (Å²) in [6, 6.07) is 4.43. The number of hydrogen-bond acceptors (Lipinski definition) is 3. The average Bonchev–Trinajstić information content (AvgIpc) is 3.19. The number of rotatable bonds is 4. The first-order valence-corrected chi connectivity index (χ1v) is 7.02. The Morgan fingerprint density at radius 1 is 1.45 bits per heavy atom. The molecule has 0 aromatic carbocycles. The molecule has 0 aliphatic heterocycles. The first kappa shape index (κ1) is 14.6. The molecule has 1 aromatic rings. The molecule has 1 aliphatic rings. The molecule has 0 bridgehead atoms. The predicted molar refractivity (Wildman–Crippen MR) is 80.7 cm³/mol. The van der Waals surface area contributed by atoms with Gasteiger partial charge in [0.25, 0.3) is 0 Å². The van der Waals surface area contributed by atoms with Crippen molar-refractivity contribution in [2.45, 2.75) is 51.8 Å². The van der Waals surface area contributed by atoms with Crippen molar-refractivity contribution in [1.82, 2.24) is 9.88 Å². The Balaban J connectivity index is 1.91. The Hall–Kier alpha value is -1.78. The van der Waals surface area contributed by atoms with Crippen LogP contribution >= 0.6 is 0 Å². The minimum atomic E-state index is -0.232. The van der Waals surface area contributed by atoms with E-state index in [-0.39, 0.29) is 5.60 Å². The molecule has 2 rings (SSSR count). The van der Waals surface area contributed by atoms with Gasteiger partial charge in [0, 0.05) is 25.4 Å². The Morgan fingerprint density at radius 2 is 2.15 bits per heavy atom. The van der Waals surface area contributed by atoms with Crippen LogP contribution in [0, 0.1) is 0 Å². The fourth-order valence-electron chi connectivity index (χ4n) is 1.81. The topological polar surface area (TPSA) is 63.7 Å². The third kappa shape index (κ3) is 4.40. The Kier molecular flexibility index (Phi) is 4.16. The normalized spacial score (nSPS) is 16.1. The molecule has 2 N–H and O–H groups in total. The molecule has 1 aliphatic carbocycles. The molecule has 0 amide bonds. The quantitative estimate of drug-likeness (QED) is 0.676. The van der Waals surface area contributed by atoms with E-state index in [0.29, 0.717) is 24.4 Å². The van der Waals surface area contributed by atoms with Crippen LogP contribution in [-0.2, 0) is 6.54 Å². The number of hydrogen-bond donors (Lipinski definition) is 1. The largest absolute Gasteiger partial charge is 0.472 e. The molecule has 0 saturated heterocycles. The van der Waals surface area contributed by atoms with Crippen LogP contribution in [0.4, 0.5) is 0 Å². The standard InChI is InChI=1S/C15H24N4O/c1-15(2,3)20-13-8-5-11(9-17-13)10-18-14(16)19(4)12-6-7-12/h5,8-9,12H,6-7,10H2,1-4H3,(H2,16,18). The van der Waals surface area contributed by atoms with Crippen molar-refractivity contribution < 1.29 is 4.74 Å². The zero-order valence-corrected chi connectivity index (χ0v) is 12.8. The van der Waals surface area contributed by atoms with Crippen molar-refractivity contribution in [3.05, 3.63) is 23.9 Å². The lowest BCUT2D eigenvalue weighted by Crippen LogP contribution is -2.35. The second kappa shape index (κ2) is 5.69. The molecular formula is C15H24N4O. The van der Waals surface area contributed by atoms with E-state index in [1.807, 2.05) is 44.9 Å². The molecule has 20 heavy (non-hydrogen) atoms. The van der Waals surface area contributed by atoms with E-state index in [4.69, 9.17) is 10.5 Å². The highest BCUT2D eigenvalue weighted by Crippen LogP contribution is 2.25. The molecular weight excluding hydrogens is 252 g/mol. The summed E-state index contributed by atoms with van der Waals surface area (Å²) in [5, 5.41) is 0. The van der Waals surface area contributed by atoms with Crippen LogP contribution in [0.25, 0.3) is 0 Å². The highest BCUT2D eigenvalue weighted by atomic mass is 16.5. The minimum absolute atomic E-state index is 0.232. The van der Waals surface area contributed by atoms with Crippen molar-refractivity contribution in [1.29, 1.82) is 0 Å². The van der Waals surface area contributed by atoms with Crippen molar-refractivity contribution in [2.75, 3.05) is 7.05 Å². The lowest BCUT2D eigenvalue weighted by molar-refractivity contribution is 0.124. The van der Waals surface area contributed by atoms with Crippen LogP contribution in [0.5, 0.6) is 5.88 Å². The lowest BCUT2D eigenvalue weighted by atomic mass is 10.2. The van der Waals surface area contributed by atoms with Gasteiger partial charge in [-0.2, -0.15) is 0 Å². The van der Waals surface area contributed by atoms with Gasteiger partial charge in [-0.05, 0) is 39.2 Å². The second-order valence-electron chi connectivity index (χ2n) is 6.24. The first-order valence-electron chi connectivity index (χ1n) is 7.02. The molecule has 0 spiro atoms. The fraction of sp³-hybridized carbons (Fsp3) is 0.600. The molecule has 1 fully saturated rings. The maximum absolute atomic E-state index is 5.95. The summed E-state index contributed by atoms with van der Waals surface area (Å²) in [6.07, 6.45) is 4.22. The van der Waals surface area contributed by atoms with Gasteiger partial charge in [0.15, 0.2) is 5.96 Å². The monoisotopic (exact) mass is 276 g/mol. The predicted octanol–water partition coefficient (Wildman–Crippen LogP) is 2.17. The van der Waals surface area contributed by atoms with Gasteiger partial charge in [0.2, 0.25) is 5.88 Å². The highest BCUT2D eigenvalue weighted by molar-refractivity contribution is 5.78. The number of guanidine groups is 1. The summed E-state index contributed by atoms with van der Waals surface area (Å²) in [6.45, 7) is 6.55. The van der Waals surface area contributed by atoms with Gasteiger partial charge in [-0.1, -0.05) is 6.07 Å². The van der Waals surface area contributed by atoms with Crippen LogP contribution in [0.15, 0.2) is 23.3 Å². The molecule has 1 heterocycles. The molecule has 110 valence electrons. The van der Waals surface area contributed by atoms with Crippen LogP contribution in [0.3, 0.4) is 0 Å². The second-order valence-corrected chi connectivity index (χ2v) is 6.24. The van der Waals surface area contributed by atoms with E-state index < -0.39 is 0 Å². The maximum Gasteiger partial charge on any atom is 0.213 e. The Bertz CT molecular complexity index is 472. The fourth-order valence-corrected chi connectivity index (χ4v) is 1.81. The minimum Gasteiger partial charge on any atom is -0.472 e. The molecule has 1 aromatic heterocycles. The molecule has 0 radical (unpaired) electrons. The smallest absolute Gasteiger partial charge is 0.213 e. The van der Waals surface area contributed by atoms with Gasteiger partial charge in [0.1, 0.15) is 5.60 Å².